The van der Waals surface area contributed by atoms with Crippen molar-refractivity contribution in [1.82, 2.24) is 0 Å². The maximum atomic E-state index is 10.5. The van der Waals surface area contributed by atoms with Crippen molar-refractivity contribution in [3.05, 3.63) is 33.8 Å². The van der Waals surface area contributed by atoms with Gasteiger partial charge in [-0.2, -0.15) is 0 Å². The van der Waals surface area contributed by atoms with E-state index in [9.17, 15) is 15.6 Å². The molecular formula is C6H6N3O6-3. The smallest absolute Gasteiger partial charge is 0.0984 e. The van der Waals surface area contributed by atoms with Gasteiger partial charge in [-0.3, -0.25) is 15.6 Å². The number of rotatable bonds is 3. The Morgan fingerprint density at radius 2 is 1.27 bits per heavy atom. The zero-order valence-corrected chi connectivity index (χ0v) is 7.14. The first kappa shape index (κ1) is 11.5. The Morgan fingerprint density at radius 3 is 1.67 bits per heavy atom. The minimum absolute atomic E-state index is 0.403. The predicted molar refractivity (Wildman–Crippen MR) is 49.3 cm³/mol. The first-order valence-electron chi connectivity index (χ1n) is 3.55. The molecule has 1 aromatic carbocycles. The van der Waals surface area contributed by atoms with Gasteiger partial charge in [0.15, 0.2) is 0 Å². The molecule has 0 aliphatic heterocycles. The van der Waals surface area contributed by atoms with Crippen LogP contribution in [0.15, 0.2) is 18.2 Å². The quantitative estimate of drug-likeness (QED) is 0.624. The fraction of sp³-hybridized carbons (Fsp3) is 0. The van der Waals surface area contributed by atoms with Gasteiger partial charge in [0.2, 0.25) is 0 Å². The van der Waals surface area contributed by atoms with Crippen molar-refractivity contribution in [1.29, 1.82) is 0 Å². The molecule has 9 heteroatoms. The zero-order valence-electron chi connectivity index (χ0n) is 7.14. The van der Waals surface area contributed by atoms with Crippen molar-refractivity contribution in [2.75, 3.05) is 15.7 Å². The summed E-state index contributed by atoms with van der Waals surface area (Å²) in [5, 5.41) is 55.0. The molecule has 0 saturated carbocycles. The van der Waals surface area contributed by atoms with E-state index in [1.807, 2.05) is 0 Å². The van der Waals surface area contributed by atoms with E-state index in [1.165, 1.54) is 0 Å². The second kappa shape index (κ2) is 4.27. The van der Waals surface area contributed by atoms with Crippen LogP contribution in [-0.4, -0.2) is 15.6 Å². The SMILES string of the molecule is [O-]N([O-])c1cc(N([O-])O)cc(N(O)O)c1. The van der Waals surface area contributed by atoms with Crippen molar-refractivity contribution in [2.45, 2.75) is 0 Å². The maximum Gasteiger partial charge on any atom is 0.0984 e. The molecule has 0 aromatic heterocycles. The van der Waals surface area contributed by atoms with Gasteiger partial charge in [0.25, 0.3) is 0 Å². The molecule has 0 saturated heterocycles. The Kier molecular flexibility index (Phi) is 3.26. The highest BCUT2D eigenvalue weighted by Crippen LogP contribution is 2.27. The summed E-state index contributed by atoms with van der Waals surface area (Å²) in [6.07, 6.45) is 0. The molecule has 9 nitrogen and oxygen atoms in total. The van der Waals surface area contributed by atoms with Gasteiger partial charge >= 0.3 is 0 Å². The third-order valence-corrected chi connectivity index (χ3v) is 1.55. The topological polar surface area (TPSA) is 140 Å². The van der Waals surface area contributed by atoms with E-state index in [1.54, 1.807) is 0 Å². The van der Waals surface area contributed by atoms with Crippen LogP contribution in [0, 0.1) is 15.6 Å². The molecule has 0 radical (unpaired) electrons. The minimum Gasteiger partial charge on any atom is -0.769 e. The van der Waals surface area contributed by atoms with E-state index in [4.69, 9.17) is 15.6 Å². The molecule has 0 heterocycles. The van der Waals surface area contributed by atoms with E-state index < -0.39 is 32.7 Å². The lowest BCUT2D eigenvalue weighted by Crippen LogP contribution is -2.15. The van der Waals surface area contributed by atoms with E-state index in [0.29, 0.717) is 0 Å². The molecule has 0 spiro atoms. The van der Waals surface area contributed by atoms with E-state index in [0.717, 1.165) is 18.2 Å². The molecule has 3 N–H and O–H groups in total. The van der Waals surface area contributed by atoms with Gasteiger partial charge < -0.3 is 26.1 Å². The fourth-order valence-corrected chi connectivity index (χ4v) is 0.911. The average Bonchev–Trinajstić information content (AvgIpc) is 2.16. The van der Waals surface area contributed by atoms with Crippen LogP contribution in [0.4, 0.5) is 17.1 Å². The lowest BCUT2D eigenvalue weighted by molar-refractivity contribution is 0.0292. The van der Waals surface area contributed by atoms with Gasteiger partial charge in [0, 0.05) is 5.69 Å². The summed E-state index contributed by atoms with van der Waals surface area (Å²) in [5.74, 6) is 0. The number of nitrogens with zero attached hydrogens (tertiary/aromatic N) is 3. The van der Waals surface area contributed by atoms with Gasteiger partial charge in [0.05, 0.1) is 11.4 Å². The largest absolute Gasteiger partial charge is 0.769 e. The molecule has 15 heavy (non-hydrogen) atoms. The molecule has 0 aliphatic carbocycles. The highest BCUT2D eigenvalue weighted by Gasteiger charge is 2.04. The van der Waals surface area contributed by atoms with Crippen LogP contribution in [0.1, 0.15) is 0 Å². The highest BCUT2D eigenvalue weighted by molar-refractivity contribution is 5.68. The lowest BCUT2D eigenvalue weighted by Gasteiger charge is -2.38. The second-order valence-corrected chi connectivity index (χ2v) is 2.53. The normalized spacial score (nSPS) is 10.0. The van der Waals surface area contributed by atoms with Crippen molar-refractivity contribution >= 4 is 17.1 Å². The van der Waals surface area contributed by atoms with Gasteiger partial charge in [-0.1, -0.05) is 0 Å². The molecule has 0 atom stereocenters. The van der Waals surface area contributed by atoms with Crippen molar-refractivity contribution in [3.63, 3.8) is 0 Å². The molecule has 0 fully saturated rings. The van der Waals surface area contributed by atoms with Crippen LogP contribution in [0.5, 0.6) is 0 Å². The molecule has 84 valence electrons. The standard InChI is InChI=1S/C6H6N3O6/c10-7(11)4-1-5(8(12)13)3-6(2-4)9(14)15/h1-3,10-12H/q-3. The number of hydrogen-bond donors (Lipinski definition) is 3. The zero-order chi connectivity index (χ0) is 11.6. The fourth-order valence-electron chi connectivity index (χ4n) is 0.911. The van der Waals surface area contributed by atoms with Crippen LogP contribution in [0.2, 0.25) is 0 Å². The van der Waals surface area contributed by atoms with E-state index in [-0.39, 0.29) is 0 Å². The van der Waals surface area contributed by atoms with Crippen LogP contribution in [0.3, 0.4) is 0 Å². The molecule has 0 amide bonds. The Bertz CT molecular complexity index is 277. The Balaban J connectivity index is 3.20. The summed E-state index contributed by atoms with van der Waals surface area (Å²) < 4.78 is 0. The molecule has 1 rings (SSSR count). The van der Waals surface area contributed by atoms with Crippen LogP contribution < -0.4 is 15.7 Å². The van der Waals surface area contributed by atoms with E-state index in [2.05, 4.69) is 0 Å². The van der Waals surface area contributed by atoms with Gasteiger partial charge in [-0.05, 0) is 18.2 Å². The molecule has 0 aliphatic rings. The minimum atomic E-state index is -0.847. The van der Waals surface area contributed by atoms with Gasteiger partial charge in [0.1, 0.15) is 0 Å². The maximum absolute atomic E-state index is 10.5. The van der Waals surface area contributed by atoms with E-state index >= 15 is 0 Å². The Hall–Kier alpha value is -1.62. The van der Waals surface area contributed by atoms with Gasteiger partial charge in [-0.25, -0.2) is 0 Å². The average molecular weight is 216 g/mol. The summed E-state index contributed by atoms with van der Waals surface area (Å²) in [7, 11) is 0. The third-order valence-electron chi connectivity index (χ3n) is 1.55. The summed E-state index contributed by atoms with van der Waals surface area (Å²) >= 11 is 0. The number of hydrogen-bond acceptors (Lipinski definition) is 9. The van der Waals surface area contributed by atoms with Crippen molar-refractivity contribution in [2.24, 2.45) is 0 Å². The first-order chi connectivity index (χ1) is 6.91. The summed E-state index contributed by atoms with van der Waals surface area (Å²) in [4.78, 5) is 0. The van der Waals surface area contributed by atoms with Crippen LogP contribution in [0.25, 0.3) is 0 Å². The summed E-state index contributed by atoms with van der Waals surface area (Å²) in [6, 6.07) is 2.44. The molecular weight excluding hydrogens is 210 g/mol. The third kappa shape index (κ3) is 2.66. The van der Waals surface area contributed by atoms with Gasteiger partial charge in [-0.15, -0.1) is 5.23 Å². The Morgan fingerprint density at radius 1 is 0.800 bits per heavy atom. The first-order valence-corrected chi connectivity index (χ1v) is 3.55. The molecule has 1 aromatic rings. The van der Waals surface area contributed by atoms with Crippen molar-refractivity contribution in [3.8, 4) is 0 Å². The van der Waals surface area contributed by atoms with Crippen LogP contribution >= 0.6 is 0 Å². The summed E-state index contributed by atoms with van der Waals surface area (Å²) in [5.41, 5.74) is -1.48. The highest BCUT2D eigenvalue weighted by atomic mass is 16.8. The Labute approximate surface area is 83.2 Å². The molecule has 0 bridgehead atoms. The summed E-state index contributed by atoms with van der Waals surface area (Å²) in [6.45, 7) is 0. The number of benzene rings is 1. The van der Waals surface area contributed by atoms with Crippen LogP contribution in [-0.2, 0) is 0 Å². The lowest BCUT2D eigenvalue weighted by atomic mass is 10.2. The predicted octanol–water partition coefficient (Wildman–Crippen LogP) is 0.767. The monoisotopic (exact) mass is 216 g/mol. The molecule has 0 unspecified atom stereocenters. The van der Waals surface area contributed by atoms with Crippen molar-refractivity contribution < 1.29 is 15.6 Å². The second-order valence-electron chi connectivity index (χ2n) is 2.53. The number of anilines is 3.